The lowest BCUT2D eigenvalue weighted by Crippen LogP contribution is -2.42. The molecule has 0 bridgehead atoms. The van der Waals surface area contributed by atoms with Gasteiger partial charge in [0.1, 0.15) is 5.82 Å². The molecule has 0 N–H and O–H groups in total. The van der Waals surface area contributed by atoms with Gasteiger partial charge in [0.15, 0.2) is 0 Å². The molecule has 18 heavy (non-hydrogen) atoms. The van der Waals surface area contributed by atoms with Gasteiger partial charge in [-0.25, -0.2) is 4.39 Å². The van der Waals surface area contributed by atoms with Gasteiger partial charge >= 0.3 is 0 Å². The quantitative estimate of drug-likeness (QED) is 0.774. The van der Waals surface area contributed by atoms with E-state index in [9.17, 15) is 9.18 Å². The summed E-state index contributed by atoms with van der Waals surface area (Å²) in [4.78, 5) is 14.2. The minimum absolute atomic E-state index is 0.0832. The van der Waals surface area contributed by atoms with Crippen molar-refractivity contribution in [1.29, 1.82) is 0 Å². The molecule has 2 rings (SSSR count). The first-order chi connectivity index (χ1) is 8.50. The van der Waals surface area contributed by atoms with Crippen LogP contribution in [0.3, 0.4) is 0 Å². The van der Waals surface area contributed by atoms with Gasteiger partial charge in [-0.2, -0.15) is 0 Å². The summed E-state index contributed by atoms with van der Waals surface area (Å²) in [6.07, 6.45) is 1.01. The number of hydrogen-bond donors (Lipinski definition) is 0. The lowest BCUT2D eigenvalue weighted by Gasteiger charge is -2.35. The second kappa shape index (κ2) is 5.39. The average Bonchev–Trinajstić information content (AvgIpc) is 2.35. The zero-order valence-corrected chi connectivity index (χ0v) is 12.2. The van der Waals surface area contributed by atoms with E-state index in [1.165, 1.54) is 6.07 Å². The molecule has 0 aromatic heterocycles. The molecule has 1 heterocycles. The van der Waals surface area contributed by atoms with Crippen LogP contribution in [0.15, 0.2) is 22.7 Å². The third kappa shape index (κ3) is 2.58. The predicted molar refractivity (Wildman–Crippen MR) is 72.9 cm³/mol. The summed E-state index contributed by atoms with van der Waals surface area (Å²) in [5, 5.41) is 0. The molecule has 1 aromatic carbocycles. The normalized spacial score (nSPS) is 24.1. The highest BCUT2D eigenvalue weighted by molar-refractivity contribution is 9.10. The summed E-state index contributed by atoms with van der Waals surface area (Å²) in [6, 6.07) is 4.59. The topological polar surface area (TPSA) is 20.3 Å². The first kappa shape index (κ1) is 13.5. The molecule has 1 saturated heterocycles. The second-order valence-corrected chi connectivity index (χ2v) is 5.89. The SMILES string of the molecule is CC1CCN(C(=O)c2cccc(F)c2Br)CC1C. The number of carbonyl (C=O) groups excluding carboxylic acids is 1. The van der Waals surface area contributed by atoms with Crippen LogP contribution in [0.25, 0.3) is 0 Å². The van der Waals surface area contributed by atoms with Crippen LogP contribution in [0.2, 0.25) is 0 Å². The molecule has 1 aliphatic heterocycles. The Morgan fingerprint density at radius 1 is 1.39 bits per heavy atom. The number of piperidine rings is 1. The van der Waals surface area contributed by atoms with Gasteiger partial charge in [-0.3, -0.25) is 4.79 Å². The van der Waals surface area contributed by atoms with Gasteiger partial charge in [0, 0.05) is 13.1 Å². The van der Waals surface area contributed by atoms with Crippen molar-refractivity contribution in [2.75, 3.05) is 13.1 Å². The highest BCUT2D eigenvalue weighted by Gasteiger charge is 2.27. The van der Waals surface area contributed by atoms with E-state index in [2.05, 4.69) is 29.8 Å². The van der Waals surface area contributed by atoms with Crippen molar-refractivity contribution in [3.63, 3.8) is 0 Å². The largest absolute Gasteiger partial charge is 0.338 e. The summed E-state index contributed by atoms with van der Waals surface area (Å²) >= 11 is 3.15. The molecule has 2 atom stereocenters. The molecule has 4 heteroatoms. The summed E-state index contributed by atoms with van der Waals surface area (Å²) in [7, 11) is 0. The summed E-state index contributed by atoms with van der Waals surface area (Å²) in [5.41, 5.74) is 0.414. The van der Waals surface area contributed by atoms with E-state index in [0.29, 0.717) is 17.4 Å². The molecule has 0 spiro atoms. The lowest BCUT2D eigenvalue weighted by molar-refractivity contribution is 0.0626. The van der Waals surface area contributed by atoms with Crippen LogP contribution < -0.4 is 0 Å². The zero-order chi connectivity index (χ0) is 13.3. The monoisotopic (exact) mass is 313 g/mol. The van der Waals surface area contributed by atoms with Crippen LogP contribution in [0, 0.1) is 17.7 Å². The fourth-order valence-corrected chi connectivity index (χ4v) is 2.72. The molecular formula is C14H17BrFNO. The van der Waals surface area contributed by atoms with Crippen LogP contribution in [0.4, 0.5) is 4.39 Å². The molecule has 2 nitrogen and oxygen atoms in total. The molecule has 0 radical (unpaired) electrons. The number of hydrogen-bond acceptors (Lipinski definition) is 1. The first-order valence-corrected chi connectivity index (χ1v) is 7.03. The van der Waals surface area contributed by atoms with Crippen LogP contribution in [0.5, 0.6) is 0 Å². The molecule has 0 saturated carbocycles. The van der Waals surface area contributed by atoms with E-state index in [0.717, 1.165) is 19.5 Å². The van der Waals surface area contributed by atoms with Crippen LogP contribution in [-0.2, 0) is 0 Å². The minimum atomic E-state index is -0.390. The van der Waals surface area contributed by atoms with E-state index >= 15 is 0 Å². The maximum absolute atomic E-state index is 13.4. The first-order valence-electron chi connectivity index (χ1n) is 6.24. The van der Waals surface area contributed by atoms with Gasteiger partial charge in [0.25, 0.3) is 5.91 Å². The van der Waals surface area contributed by atoms with Crippen molar-refractivity contribution < 1.29 is 9.18 Å². The van der Waals surface area contributed by atoms with E-state index in [1.54, 1.807) is 12.1 Å². The Kier molecular flexibility index (Phi) is 4.05. The Labute approximate surface area is 115 Å². The molecule has 1 fully saturated rings. The molecule has 2 unspecified atom stereocenters. The number of halogens is 2. The number of carbonyl (C=O) groups is 1. The zero-order valence-electron chi connectivity index (χ0n) is 10.6. The fourth-order valence-electron chi connectivity index (χ4n) is 2.29. The lowest BCUT2D eigenvalue weighted by atomic mass is 9.88. The van der Waals surface area contributed by atoms with Crippen molar-refractivity contribution >= 4 is 21.8 Å². The minimum Gasteiger partial charge on any atom is -0.338 e. The van der Waals surface area contributed by atoms with Gasteiger partial charge in [0.05, 0.1) is 10.0 Å². The number of rotatable bonds is 1. The summed E-state index contributed by atoms with van der Waals surface area (Å²) in [6.45, 7) is 5.88. The number of amides is 1. The van der Waals surface area contributed by atoms with Gasteiger partial charge < -0.3 is 4.90 Å². The molecule has 98 valence electrons. The Morgan fingerprint density at radius 3 is 2.78 bits per heavy atom. The Morgan fingerprint density at radius 2 is 2.11 bits per heavy atom. The van der Waals surface area contributed by atoms with Gasteiger partial charge in [-0.1, -0.05) is 19.9 Å². The van der Waals surface area contributed by atoms with E-state index in [-0.39, 0.29) is 16.2 Å². The maximum Gasteiger partial charge on any atom is 0.255 e. The standard InChI is InChI=1S/C14H17BrFNO/c1-9-6-7-17(8-10(9)2)14(18)11-4-3-5-12(16)13(11)15/h3-5,9-10H,6-8H2,1-2H3. The number of benzene rings is 1. The van der Waals surface area contributed by atoms with E-state index in [1.807, 2.05) is 4.90 Å². The number of likely N-dealkylation sites (tertiary alicyclic amines) is 1. The van der Waals surface area contributed by atoms with Crippen molar-refractivity contribution in [1.82, 2.24) is 4.90 Å². The second-order valence-electron chi connectivity index (χ2n) is 5.10. The van der Waals surface area contributed by atoms with Gasteiger partial charge in [-0.05, 0) is 46.3 Å². The molecule has 1 aromatic rings. The highest BCUT2D eigenvalue weighted by atomic mass is 79.9. The van der Waals surface area contributed by atoms with Gasteiger partial charge in [0.2, 0.25) is 0 Å². The van der Waals surface area contributed by atoms with Crippen LogP contribution in [-0.4, -0.2) is 23.9 Å². The number of nitrogens with zero attached hydrogens (tertiary/aromatic N) is 1. The van der Waals surface area contributed by atoms with Gasteiger partial charge in [-0.15, -0.1) is 0 Å². The Balaban J connectivity index is 2.19. The smallest absolute Gasteiger partial charge is 0.255 e. The maximum atomic E-state index is 13.4. The van der Waals surface area contributed by atoms with Crippen LogP contribution >= 0.6 is 15.9 Å². The third-order valence-electron chi connectivity index (χ3n) is 3.80. The van der Waals surface area contributed by atoms with Crippen molar-refractivity contribution in [2.45, 2.75) is 20.3 Å². The van der Waals surface area contributed by atoms with Crippen molar-refractivity contribution in [3.8, 4) is 0 Å². The Hall–Kier alpha value is -0.900. The average molecular weight is 314 g/mol. The molecule has 1 amide bonds. The molecule has 0 aliphatic carbocycles. The van der Waals surface area contributed by atoms with Crippen LogP contribution in [0.1, 0.15) is 30.6 Å². The van der Waals surface area contributed by atoms with Crippen molar-refractivity contribution in [3.05, 3.63) is 34.1 Å². The predicted octanol–water partition coefficient (Wildman–Crippen LogP) is 3.71. The highest BCUT2D eigenvalue weighted by Crippen LogP contribution is 2.26. The molecule has 1 aliphatic rings. The third-order valence-corrected chi connectivity index (χ3v) is 4.61. The van der Waals surface area contributed by atoms with E-state index < -0.39 is 0 Å². The fraction of sp³-hybridized carbons (Fsp3) is 0.500. The summed E-state index contributed by atoms with van der Waals surface area (Å²) < 4.78 is 13.7. The van der Waals surface area contributed by atoms with Crippen molar-refractivity contribution in [2.24, 2.45) is 11.8 Å². The molecular weight excluding hydrogens is 297 g/mol. The summed E-state index contributed by atoms with van der Waals surface area (Å²) in [5.74, 6) is 0.666. The van der Waals surface area contributed by atoms with E-state index in [4.69, 9.17) is 0 Å². The Bertz CT molecular complexity index is 463.